The Morgan fingerprint density at radius 2 is 1.74 bits per heavy atom. The summed E-state index contributed by atoms with van der Waals surface area (Å²) in [7, 11) is 3.13. The zero-order valence-electron chi connectivity index (χ0n) is 27.6. The van der Waals surface area contributed by atoms with Gasteiger partial charge >= 0.3 is 12.1 Å². The van der Waals surface area contributed by atoms with Gasteiger partial charge in [0.15, 0.2) is 5.78 Å². The maximum Gasteiger partial charge on any atom is 0.410 e. The van der Waals surface area contributed by atoms with Gasteiger partial charge in [-0.25, -0.2) is 14.6 Å². The van der Waals surface area contributed by atoms with Crippen LogP contribution in [0.4, 0.5) is 32.7 Å². The third kappa shape index (κ3) is 8.00. The fourth-order valence-corrected chi connectivity index (χ4v) is 5.65. The number of para-hydroxylation sites is 1. The largest absolute Gasteiger partial charge is 0.497 e. The van der Waals surface area contributed by atoms with Crippen LogP contribution >= 0.6 is 0 Å². The predicted octanol–water partition coefficient (Wildman–Crippen LogP) is 6.13. The molecule has 1 fully saturated rings. The van der Waals surface area contributed by atoms with Crippen LogP contribution in [0.1, 0.15) is 44.7 Å². The van der Waals surface area contributed by atoms with Gasteiger partial charge in [-0.2, -0.15) is 4.98 Å². The number of nitrogens with zero attached hydrogens (tertiary/aromatic N) is 5. The van der Waals surface area contributed by atoms with Crippen molar-refractivity contribution in [2.75, 3.05) is 49.0 Å². The lowest BCUT2D eigenvalue weighted by Crippen LogP contribution is -2.51. The summed E-state index contributed by atoms with van der Waals surface area (Å²) in [6.07, 6.45) is 4.28. The number of hydrogen-bond acceptors (Lipinski definition) is 9. The second-order valence-electron chi connectivity index (χ2n) is 12.6. The number of allylic oxidation sites excluding steroid dienone is 1. The Balaban J connectivity index is 1.44. The lowest BCUT2D eigenvalue weighted by molar-refractivity contribution is -0.114. The van der Waals surface area contributed by atoms with Crippen molar-refractivity contribution >= 4 is 41.0 Å². The minimum atomic E-state index is -0.572. The maximum absolute atomic E-state index is 14.3. The Morgan fingerprint density at radius 1 is 1.06 bits per heavy atom. The van der Waals surface area contributed by atoms with Crippen LogP contribution in [0.5, 0.6) is 11.5 Å². The topological polar surface area (TPSA) is 126 Å². The van der Waals surface area contributed by atoms with E-state index in [1.807, 2.05) is 45.0 Å². The molecular weight excluding hydrogens is 600 g/mol. The van der Waals surface area contributed by atoms with Crippen LogP contribution < -0.4 is 24.6 Å². The highest BCUT2D eigenvalue weighted by atomic mass is 16.6. The Morgan fingerprint density at radius 3 is 2.38 bits per heavy atom. The van der Waals surface area contributed by atoms with Gasteiger partial charge < -0.3 is 24.4 Å². The lowest BCUT2D eigenvalue weighted by Gasteiger charge is -2.39. The molecule has 0 bridgehead atoms. The van der Waals surface area contributed by atoms with Crippen molar-refractivity contribution in [1.29, 1.82) is 0 Å². The van der Waals surface area contributed by atoms with Gasteiger partial charge in [-0.3, -0.25) is 14.6 Å². The number of piperidine rings is 1. The number of fused-ring (bicyclic) bond motifs is 1. The van der Waals surface area contributed by atoms with Crippen LogP contribution in [0.2, 0.25) is 0 Å². The number of amides is 3. The van der Waals surface area contributed by atoms with Gasteiger partial charge in [-0.1, -0.05) is 24.8 Å². The Kier molecular flexibility index (Phi) is 9.97. The zero-order valence-corrected chi connectivity index (χ0v) is 27.6. The molecule has 47 heavy (non-hydrogen) atoms. The minimum absolute atomic E-state index is 0.102. The average Bonchev–Trinajstić information content (AvgIpc) is 3.06. The molecule has 12 nitrogen and oxygen atoms in total. The number of nitrogens with one attached hydrogen (secondary N) is 1. The number of methoxy groups -OCH3 is 2. The van der Waals surface area contributed by atoms with E-state index >= 15 is 0 Å². The van der Waals surface area contributed by atoms with Gasteiger partial charge in [-0.05, 0) is 57.2 Å². The lowest BCUT2D eigenvalue weighted by atomic mass is 9.96. The van der Waals surface area contributed by atoms with E-state index in [-0.39, 0.29) is 36.8 Å². The van der Waals surface area contributed by atoms with E-state index in [2.05, 4.69) is 16.9 Å². The summed E-state index contributed by atoms with van der Waals surface area (Å²) in [5, 5.41) is 3.25. The average molecular weight is 643 g/mol. The van der Waals surface area contributed by atoms with E-state index in [0.29, 0.717) is 67.1 Å². The monoisotopic (exact) mass is 642 g/mol. The molecule has 0 saturated carbocycles. The Bertz CT molecular complexity index is 1620. The first-order valence-electron chi connectivity index (χ1n) is 15.6. The standard InChI is InChI=1S/C35H42N6O6/c1-7-27(42)16-24-10-8-9-11-30(24)37-32-36-20-25-22-40(26-17-28(45-5)19-29(18-26)46-6)33(43)41(31(25)38-32)21-23-12-14-39(15-13-23)34(44)47-35(2,3)4/h7-11,17-20,23H,1,12-16,21-22H2,2-6H3,(H,36,37,38). The summed E-state index contributed by atoms with van der Waals surface area (Å²) in [4.78, 5) is 53.6. The number of ether oxygens (including phenoxy) is 3. The van der Waals surface area contributed by atoms with E-state index in [4.69, 9.17) is 19.2 Å². The summed E-state index contributed by atoms with van der Waals surface area (Å²) in [6, 6.07) is 12.5. The first-order valence-corrected chi connectivity index (χ1v) is 15.6. The first-order chi connectivity index (χ1) is 22.5. The number of carbonyl (C=O) groups excluding carboxylic acids is 3. The number of likely N-dealkylation sites (tertiary alicyclic amines) is 1. The normalized spacial score (nSPS) is 15.2. The Labute approximate surface area is 275 Å². The molecular formula is C35H42N6O6. The minimum Gasteiger partial charge on any atom is -0.497 e. The second kappa shape index (κ2) is 14.1. The molecule has 2 aromatic carbocycles. The molecule has 12 heteroatoms. The SMILES string of the molecule is C=CC(=O)Cc1ccccc1Nc1ncc2c(n1)N(CC1CCN(C(=O)OC(C)(C)C)CC1)C(=O)N(c1cc(OC)cc(OC)c1)C2. The number of benzene rings is 2. The van der Waals surface area contributed by atoms with E-state index in [0.717, 1.165) is 11.1 Å². The van der Waals surface area contributed by atoms with Gasteiger partial charge in [0, 0.05) is 61.7 Å². The van der Waals surface area contributed by atoms with Gasteiger partial charge in [0.05, 0.1) is 26.5 Å². The maximum atomic E-state index is 14.3. The van der Waals surface area contributed by atoms with Crippen LogP contribution in [0, 0.1) is 5.92 Å². The smallest absolute Gasteiger partial charge is 0.410 e. The molecule has 2 aliphatic heterocycles. The van der Waals surface area contributed by atoms with Gasteiger partial charge in [0.25, 0.3) is 0 Å². The molecule has 0 unspecified atom stereocenters. The number of anilines is 4. The van der Waals surface area contributed by atoms with Crippen LogP contribution in [-0.4, -0.2) is 72.2 Å². The highest BCUT2D eigenvalue weighted by Crippen LogP contribution is 2.36. The molecule has 2 aliphatic rings. The van der Waals surface area contributed by atoms with Crippen molar-refractivity contribution in [3.05, 3.63) is 72.4 Å². The van der Waals surface area contributed by atoms with Crippen molar-refractivity contribution in [3.8, 4) is 11.5 Å². The van der Waals surface area contributed by atoms with E-state index in [9.17, 15) is 14.4 Å². The highest BCUT2D eigenvalue weighted by molar-refractivity contribution is 6.05. The molecule has 0 atom stereocenters. The van der Waals surface area contributed by atoms with Crippen molar-refractivity contribution in [2.45, 2.75) is 52.2 Å². The number of carbonyl (C=O) groups is 3. The van der Waals surface area contributed by atoms with Crippen LogP contribution in [0.3, 0.4) is 0 Å². The summed E-state index contributed by atoms with van der Waals surface area (Å²) >= 11 is 0. The van der Waals surface area contributed by atoms with Crippen LogP contribution in [0.25, 0.3) is 0 Å². The molecule has 0 radical (unpaired) electrons. The predicted molar refractivity (Wildman–Crippen MR) is 180 cm³/mol. The molecule has 3 heterocycles. The van der Waals surface area contributed by atoms with Crippen LogP contribution in [-0.2, 0) is 22.5 Å². The van der Waals surface area contributed by atoms with Crippen molar-refractivity contribution < 1.29 is 28.6 Å². The highest BCUT2D eigenvalue weighted by Gasteiger charge is 2.36. The second-order valence-corrected chi connectivity index (χ2v) is 12.6. The number of rotatable bonds is 10. The molecule has 1 aromatic heterocycles. The molecule has 248 valence electrons. The number of ketones is 1. The number of urea groups is 1. The van der Waals surface area contributed by atoms with Crippen molar-refractivity contribution in [1.82, 2.24) is 14.9 Å². The fraction of sp³-hybridized carbons (Fsp3) is 0.400. The zero-order chi connectivity index (χ0) is 33.7. The number of aromatic nitrogens is 2. The van der Waals surface area contributed by atoms with Crippen molar-refractivity contribution in [3.63, 3.8) is 0 Å². The molecule has 1 N–H and O–H groups in total. The number of hydrogen-bond donors (Lipinski definition) is 1. The van der Waals surface area contributed by atoms with E-state index in [1.165, 1.54) is 6.08 Å². The van der Waals surface area contributed by atoms with Gasteiger partial charge in [0.2, 0.25) is 5.95 Å². The van der Waals surface area contributed by atoms with Gasteiger partial charge in [-0.15, -0.1) is 0 Å². The molecule has 1 saturated heterocycles. The molecule has 3 aromatic rings. The molecule has 0 spiro atoms. The first kappa shape index (κ1) is 33.2. The summed E-state index contributed by atoms with van der Waals surface area (Å²) in [5.74, 6) is 1.94. The Hall–Kier alpha value is -5.13. The van der Waals surface area contributed by atoms with E-state index < -0.39 is 5.60 Å². The molecule has 3 amide bonds. The fourth-order valence-electron chi connectivity index (χ4n) is 5.65. The molecule has 0 aliphatic carbocycles. The van der Waals surface area contributed by atoms with Crippen molar-refractivity contribution in [2.24, 2.45) is 5.92 Å². The summed E-state index contributed by atoms with van der Waals surface area (Å²) in [5.41, 5.74) is 2.28. The summed E-state index contributed by atoms with van der Waals surface area (Å²) in [6.45, 7) is 10.8. The quantitative estimate of drug-likeness (QED) is 0.260. The molecule has 5 rings (SSSR count). The van der Waals surface area contributed by atoms with E-state index in [1.54, 1.807) is 53.3 Å². The van der Waals surface area contributed by atoms with Gasteiger partial charge in [0.1, 0.15) is 22.9 Å². The van der Waals surface area contributed by atoms with Crippen LogP contribution in [0.15, 0.2) is 61.3 Å². The summed E-state index contributed by atoms with van der Waals surface area (Å²) < 4.78 is 16.5. The third-order valence-corrected chi connectivity index (χ3v) is 8.10. The third-order valence-electron chi connectivity index (χ3n) is 8.10.